The number of amides is 1. The van der Waals surface area contributed by atoms with Gasteiger partial charge < -0.3 is 19.2 Å². The lowest BCUT2D eigenvalue weighted by Gasteiger charge is -2.24. The number of Topliss-reactive ketones (excluding diaryl/α,β-unsaturated/α-hetero) is 1. The molecule has 1 saturated heterocycles. The summed E-state index contributed by atoms with van der Waals surface area (Å²) in [5.41, 5.74) is 3.43. The van der Waals surface area contributed by atoms with Gasteiger partial charge in [0.15, 0.2) is 0 Å². The highest BCUT2D eigenvalue weighted by Gasteiger charge is 2.46. The first kappa shape index (κ1) is 23.2. The Morgan fingerprint density at radius 1 is 0.917 bits per heavy atom. The van der Waals surface area contributed by atoms with Crippen LogP contribution in [0.25, 0.3) is 5.76 Å². The average Bonchev–Trinajstić information content (AvgIpc) is 3.51. The zero-order valence-corrected chi connectivity index (χ0v) is 19.8. The number of ketones is 1. The third-order valence-corrected chi connectivity index (χ3v) is 6.34. The molecule has 36 heavy (non-hydrogen) atoms. The van der Waals surface area contributed by atoms with Gasteiger partial charge in [0.1, 0.15) is 23.9 Å². The van der Waals surface area contributed by atoms with E-state index in [1.807, 2.05) is 61.5 Å². The fourth-order valence-electron chi connectivity index (χ4n) is 4.39. The van der Waals surface area contributed by atoms with Crippen LogP contribution in [0, 0.1) is 6.92 Å². The summed E-state index contributed by atoms with van der Waals surface area (Å²) in [6.45, 7) is 2.56. The van der Waals surface area contributed by atoms with Crippen LogP contribution in [-0.2, 0) is 22.7 Å². The summed E-state index contributed by atoms with van der Waals surface area (Å²) in [5.74, 6) is -0.456. The van der Waals surface area contributed by atoms with Crippen LogP contribution in [0.1, 0.15) is 34.1 Å². The molecule has 0 aliphatic carbocycles. The number of rotatable bonds is 7. The van der Waals surface area contributed by atoms with Crippen LogP contribution in [0.3, 0.4) is 0 Å². The minimum Gasteiger partial charge on any atom is -0.507 e. The fraction of sp³-hybridized carbons (Fsp3) is 0.133. The lowest BCUT2D eigenvalue weighted by molar-refractivity contribution is -0.140. The van der Waals surface area contributed by atoms with E-state index in [-0.39, 0.29) is 17.9 Å². The van der Waals surface area contributed by atoms with E-state index >= 15 is 0 Å². The highest BCUT2D eigenvalue weighted by atomic mass is 16.5. The highest BCUT2D eigenvalue weighted by Crippen LogP contribution is 2.40. The molecule has 5 rings (SSSR count). The Bertz CT molecular complexity index is 1410. The highest BCUT2D eigenvalue weighted by molar-refractivity contribution is 6.46. The van der Waals surface area contributed by atoms with E-state index in [1.165, 1.54) is 11.2 Å². The van der Waals surface area contributed by atoms with Crippen molar-refractivity contribution < 1.29 is 23.8 Å². The molecular weight excluding hydrogens is 454 g/mol. The molecule has 1 amide bonds. The number of aliphatic hydroxyl groups is 1. The number of hydrogen-bond donors (Lipinski definition) is 1. The van der Waals surface area contributed by atoms with Gasteiger partial charge in [0.05, 0.1) is 24.4 Å². The van der Waals surface area contributed by atoms with Crippen LogP contribution in [-0.4, -0.2) is 21.7 Å². The van der Waals surface area contributed by atoms with E-state index in [1.54, 1.807) is 36.4 Å². The van der Waals surface area contributed by atoms with E-state index in [0.29, 0.717) is 23.7 Å². The van der Waals surface area contributed by atoms with E-state index in [0.717, 1.165) is 16.7 Å². The van der Waals surface area contributed by atoms with Gasteiger partial charge >= 0.3 is 0 Å². The van der Waals surface area contributed by atoms with Crippen molar-refractivity contribution in [3.8, 4) is 5.75 Å². The van der Waals surface area contributed by atoms with Crippen molar-refractivity contribution in [1.82, 2.24) is 4.90 Å². The number of carbonyl (C=O) groups excluding carboxylic acids is 2. The van der Waals surface area contributed by atoms with Gasteiger partial charge in [-0.15, -0.1) is 0 Å². The van der Waals surface area contributed by atoms with Gasteiger partial charge in [-0.05, 0) is 60.0 Å². The average molecular weight is 480 g/mol. The van der Waals surface area contributed by atoms with Crippen LogP contribution < -0.4 is 4.74 Å². The van der Waals surface area contributed by atoms with Gasteiger partial charge in [-0.1, -0.05) is 54.6 Å². The summed E-state index contributed by atoms with van der Waals surface area (Å²) in [4.78, 5) is 27.6. The lowest BCUT2D eigenvalue weighted by atomic mass is 9.95. The van der Waals surface area contributed by atoms with Crippen LogP contribution in [0.4, 0.5) is 0 Å². The van der Waals surface area contributed by atoms with Crippen molar-refractivity contribution in [2.45, 2.75) is 26.1 Å². The Balaban J connectivity index is 1.46. The summed E-state index contributed by atoms with van der Waals surface area (Å²) in [7, 11) is 0. The molecule has 1 aliphatic heterocycles. The molecule has 180 valence electrons. The maximum absolute atomic E-state index is 13.1. The number of benzene rings is 3. The van der Waals surface area contributed by atoms with E-state index < -0.39 is 17.7 Å². The molecule has 1 aliphatic rings. The number of likely N-dealkylation sites (tertiary alicyclic amines) is 1. The number of nitrogens with zero attached hydrogens (tertiary/aromatic N) is 1. The number of aryl methyl sites for hydroxylation is 1. The Labute approximate surface area is 209 Å². The number of hydrogen-bond acceptors (Lipinski definition) is 5. The first-order valence-corrected chi connectivity index (χ1v) is 11.7. The van der Waals surface area contributed by atoms with E-state index in [4.69, 9.17) is 9.15 Å². The third kappa shape index (κ3) is 4.53. The van der Waals surface area contributed by atoms with Crippen molar-refractivity contribution in [2.75, 3.05) is 0 Å². The number of carbonyl (C=O) groups is 2. The van der Waals surface area contributed by atoms with Gasteiger partial charge in [0.25, 0.3) is 11.7 Å². The quantitative estimate of drug-likeness (QED) is 0.206. The lowest BCUT2D eigenvalue weighted by Crippen LogP contribution is -2.29. The number of ether oxygens (including phenoxy) is 1. The zero-order valence-electron chi connectivity index (χ0n) is 19.8. The molecule has 1 atom stereocenters. The molecular formula is C30H25NO5. The minimum absolute atomic E-state index is 0.0475. The normalized spacial score (nSPS) is 16.9. The maximum atomic E-state index is 13.1. The van der Waals surface area contributed by atoms with Crippen molar-refractivity contribution in [1.29, 1.82) is 0 Å². The molecule has 6 nitrogen and oxygen atoms in total. The monoisotopic (exact) mass is 479 g/mol. The van der Waals surface area contributed by atoms with Crippen LogP contribution in [0.5, 0.6) is 5.75 Å². The van der Waals surface area contributed by atoms with Gasteiger partial charge in [-0.2, -0.15) is 0 Å². The molecule has 0 bridgehead atoms. The molecule has 2 heterocycles. The largest absolute Gasteiger partial charge is 0.507 e. The predicted molar refractivity (Wildman–Crippen MR) is 135 cm³/mol. The smallest absolute Gasteiger partial charge is 0.296 e. The summed E-state index contributed by atoms with van der Waals surface area (Å²) in [5, 5.41) is 11.2. The molecule has 1 unspecified atom stereocenters. The van der Waals surface area contributed by atoms with Crippen molar-refractivity contribution in [3.05, 3.63) is 131 Å². The van der Waals surface area contributed by atoms with Crippen LogP contribution in [0.2, 0.25) is 0 Å². The number of aliphatic hydroxyl groups excluding tert-OH is 1. The van der Waals surface area contributed by atoms with Gasteiger partial charge in [-0.25, -0.2) is 0 Å². The molecule has 0 radical (unpaired) electrons. The van der Waals surface area contributed by atoms with Crippen molar-refractivity contribution >= 4 is 17.4 Å². The van der Waals surface area contributed by atoms with Crippen LogP contribution in [0.15, 0.2) is 107 Å². The first-order chi connectivity index (χ1) is 17.5. The Hall–Kier alpha value is -4.58. The molecule has 3 aromatic carbocycles. The van der Waals surface area contributed by atoms with E-state index in [2.05, 4.69) is 0 Å². The molecule has 4 aromatic rings. The SMILES string of the molecule is Cc1ccccc1COc1ccc(C(O)=C2C(=O)C(=O)N(Cc3ccco3)C2c2ccccc2)cc1. The summed E-state index contributed by atoms with van der Waals surface area (Å²) < 4.78 is 11.3. The summed E-state index contributed by atoms with van der Waals surface area (Å²) >= 11 is 0. The number of furan rings is 1. The zero-order chi connectivity index (χ0) is 25.1. The Kier molecular flexibility index (Phi) is 6.41. The van der Waals surface area contributed by atoms with Gasteiger partial charge in [0.2, 0.25) is 0 Å². The molecule has 0 saturated carbocycles. The third-order valence-electron chi connectivity index (χ3n) is 6.34. The van der Waals surface area contributed by atoms with Gasteiger partial charge in [-0.3, -0.25) is 9.59 Å². The second-order valence-electron chi connectivity index (χ2n) is 8.66. The standard InChI is InChI=1S/C30H25NO5/c1-20-8-5-6-11-23(20)19-36-24-15-13-22(14-16-24)28(32)26-27(21-9-3-2-4-10-21)31(30(34)29(26)33)18-25-12-7-17-35-25/h2-17,27,32H,18-19H2,1H3. The molecule has 1 N–H and O–H groups in total. The molecule has 0 spiro atoms. The second-order valence-corrected chi connectivity index (χ2v) is 8.66. The summed E-state index contributed by atoms with van der Waals surface area (Å²) in [6.07, 6.45) is 1.52. The predicted octanol–water partition coefficient (Wildman–Crippen LogP) is 5.79. The van der Waals surface area contributed by atoms with Gasteiger partial charge in [0, 0.05) is 5.56 Å². The first-order valence-electron chi connectivity index (χ1n) is 11.7. The molecule has 1 aromatic heterocycles. The maximum Gasteiger partial charge on any atom is 0.296 e. The minimum atomic E-state index is -0.742. The fourth-order valence-corrected chi connectivity index (χ4v) is 4.39. The Morgan fingerprint density at radius 2 is 1.64 bits per heavy atom. The van der Waals surface area contributed by atoms with E-state index in [9.17, 15) is 14.7 Å². The summed E-state index contributed by atoms with van der Waals surface area (Å²) in [6, 6.07) is 26.8. The van der Waals surface area contributed by atoms with Crippen LogP contribution >= 0.6 is 0 Å². The molecule has 1 fully saturated rings. The molecule has 6 heteroatoms. The Morgan fingerprint density at radius 3 is 2.33 bits per heavy atom. The van der Waals surface area contributed by atoms with Crippen molar-refractivity contribution in [3.63, 3.8) is 0 Å². The topological polar surface area (TPSA) is 80.0 Å². The second kappa shape index (κ2) is 9.96. The van der Waals surface area contributed by atoms with Crippen molar-refractivity contribution in [2.24, 2.45) is 0 Å².